The van der Waals surface area contributed by atoms with Crippen LogP contribution >= 0.6 is 0 Å². The quantitative estimate of drug-likeness (QED) is 0.849. The van der Waals surface area contributed by atoms with Crippen molar-refractivity contribution in [3.05, 3.63) is 24.0 Å². The number of hydrogen-bond acceptors (Lipinski definition) is 3. The predicted molar refractivity (Wildman–Crippen MR) is 46.4 cm³/mol. The van der Waals surface area contributed by atoms with E-state index in [1.807, 2.05) is 0 Å². The Bertz CT molecular complexity index is 327. The second-order valence-electron chi connectivity index (χ2n) is 2.83. The summed E-state index contributed by atoms with van der Waals surface area (Å²) in [5, 5.41) is 8.93. The molecule has 1 aromatic heterocycles. The van der Waals surface area contributed by atoms with Crippen molar-refractivity contribution in [3.8, 4) is 5.75 Å². The summed E-state index contributed by atoms with van der Waals surface area (Å²) in [6, 6.07) is 1.12. The lowest BCUT2D eigenvalue weighted by Gasteiger charge is -2.14. The molecule has 1 unspecified atom stereocenters. The van der Waals surface area contributed by atoms with E-state index in [-0.39, 0.29) is 11.3 Å². The van der Waals surface area contributed by atoms with Gasteiger partial charge in [-0.1, -0.05) is 0 Å². The van der Waals surface area contributed by atoms with Crippen molar-refractivity contribution in [2.24, 2.45) is 0 Å². The topological polar surface area (TPSA) is 42.4 Å². The van der Waals surface area contributed by atoms with Crippen molar-refractivity contribution in [1.29, 1.82) is 0 Å². The molecule has 0 fully saturated rings. The molecule has 0 spiro atoms. The van der Waals surface area contributed by atoms with Gasteiger partial charge in [-0.25, -0.2) is 0 Å². The van der Waals surface area contributed by atoms with Gasteiger partial charge in [0.05, 0.1) is 12.8 Å². The third-order valence-electron chi connectivity index (χ3n) is 1.67. The molecular formula is C9H10F3NO2. The minimum atomic E-state index is -4.69. The number of alkyl halides is 3. The number of ether oxygens (including phenoxy) is 1. The van der Waals surface area contributed by atoms with E-state index in [1.54, 1.807) is 6.92 Å². The van der Waals surface area contributed by atoms with Crippen LogP contribution in [0.25, 0.3) is 0 Å². The molecule has 0 aliphatic rings. The Balaban J connectivity index is 2.90. The fourth-order valence-corrected chi connectivity index (χ4v) is 1.02. The van der Waals surface area contributed by atoms with Gasteiger partial charge in [-0.05, 0) is 13.0 Å². The van der Waals surface area contributed by atoms with Gasteiger partial charge in [-0.15, -0.1) is 0 Å². The van der Waals surface area contributed by atoms with Crippen molar-refractivity contribution in [3.63, 3.8) is 0 Å². The molecular weight excluding hydrogens is 211 g/mol. The number of hydrogen-bond donors (Lipinski definition) is 1. The van der Waals surface area contributed by atoms with Crippen LogP contribution in [0.4, 0.5) is 13.2 Å². The molecule has 0 aliphatic carbocycles. The first-order valence-corrected chi connectivity index (χ1v) is 4.27. The second-order valence-corrected chi connectivity index (χ2v) is 2.83. The minimum absolute atomic E-state index is 0.207. The maximum Gasteiger partial charge on any atom is 0.418 e. The molecule has 1 atom stereocenters. The first kappa shape index (κ1) is 11.8. The van der Waals surface area contributed by atoms with E-state index in [0.717, 1.165) is 12.3 Å². The molecule has 0 aromatic carbocycles. The number of rotatable bonds is 3. The summed E-state index contributed by atoms with van der Waals surface area (Å²) in [5.41, 5.74) is -0.326. The van der Waals surface area contributed by atoms with Crippen LogP contribution in [0.5, 0.6) is 5.75 Å². The average Bonchev–Trinajstić information content (AvgIpc) is 2.16. The number of pyridine rings is 1. The van der Waals surface area contributed by atoms with Crippen molar-refractivity contribution in [1.82, 2.24) is 4.98 Å². The van der Waals surface area contributed by atoms with Gasteiger partial charge in [0.15, 0.2) is 6.10 Å². The highest BCUT2D eigenvalue weighted by Gasteiger charge is 2.39. The normalized spacial score (nSPS) is 13.7. The third kappa shape index (κ3) is 3.09. The average molecular weight is 221 g/mol. The van der Waals surface area contributed by atoms with Crippen molar-refractivity contribution < 1.29 is 23.0 Å². The van der Waals surface area contributed by atoms with Crippen LogP contribution in [0.3, 0.4) is 0 Å². The molecule has 0 saturated heterocycles. The SMILES string of the molecule is CCOc1cncc(C(O)C(F)(F)F)c1. The van der Waals surface area contributed by atoms with E-state index >= 15 is 0 Å². The highest BCUT2D eigenvalue weighted by Crippen LogP contribution is 2.33. The van der Waals surface area contributed by atoms with Crippen LogP contribution in [-0.2, 0) is 0 Å². The lowest BCUT2D eigenvalue weighted by atomic mass is 10.1. The van der Waals surface area contributed by atoms with E-state index in [4.69, 9.17) is 9.84 Å². The molecule has 84 valence electrons. The van der Waals surface area contributed by atoms with E-state index < -0.39 is 12.3 Å². The lowest BCUT2D eigenvalue weighted by Crippen LogP contribution is -2.20. The highest BCUT2D eigenvalue weighted by atomic mass is 19.4. The summed E-state index contributed by atoms with van der Waals surface area (Å²) in [6.45, 7) is 2.03. The van der Waals surface area contributed by atoms with Crippen LogP contribution in [-0.4, -0.2) is 22.9 Å². The highest BCUT2D eigenvalue weighted by molar-refractivity contribution is 5.25. The molecule has 0 saturated carbocycles. The van der Waals surface area contributed by atoms with Gasteiger partial charge in [0, 0.05) is 11.8 Å². The number of nitrogens with zero attached hydrogens (tertiary/aromatic N) is 1. The van der Waals surface area contributed by atoms with Crippen molar-refractivity contribution in [2.75, 3.05) is 6.61 Å². The van der Waals surface area contributed by atoms with Crippen LogP contribution < -0.4 is 4.74 Å². The Morgan fingerprint density at radius 1 is 1.47 bits per heavy atom. The number of halogens is 3. The molecule has 1 N–H and O–H groups in total. The molecule has 1 heterocycles. The predicted octanol–water partition coefficient (Wildman–Crippen LogP) is 2.08. The molecule has 0 radical (unpaired) electrons. The zero-order valence-corrected chi connectivity index (χ0v) is 7.95. The summed E-state index contributed by atoms with van der Waals surface area (Å²) >= 11 is 0. The van der Waals surface area contributed by atoms with E-state index in [1.165, 1.54) is 6.20 Å². The molecule has 0 bridgehead atoms. The summed E-state index contributed by atoms with van der Waals surface area (Å²) in [7, 11) is 0. The smallest absolute Gasteiger partial charge is 0.418 e. The van der Waals surface area contributed by atoms with Gasteiger partial charge in [0.2, 0.25) is 0 Å². The van der Waals surface area contributed by atoms with Crippen LogP contribution in [0.2, 0.25) is 0 Å². The van der Waals surface area contributed by atoms with Crippen LogP contribution in [0.15, 0.2) is 18.5 Å². The fraction of sp³-hybridized carbons (Fsp3) is 0.444. The number of aliphatic hydroxyl groups is 1. The van der Waals surface area contributed by atoms with Gasteiger partial charge in [0.25, 0.3) is 0 Å². The fourth-order valence-electron chi connectivity index (χ4n) is 1.02. The Morgan fingerprint density at radius 2 is 2.13 bits per heavy atom. The van der Waals surface area contributed by atoms with E-state index in [2.05, 4.69) is 4.98 Å². The maximum absolute atomic E-state index is 12.1. The number of aromatic nitrogens is 1. The lowest BCUT2D eigenvalue weighted by molar-refractivity contribution is -0.206. The molecule has 15 heavy (non-hydrogen) atoms. The Kier molecular flexibility index (Phi) is 3.52. The van der Waals surface area contributed by atoms with E-state index in [9.17, 15) is 13.2 Å². The van der Waals surface area contributed by atoms with Crippen molar-refractivity contribution in [2.45, 2.75) is 19.2 Å². The van der Waals surface area contributed by atoms with Crippen LogP contribution in [0.1, 0.15) is 18.6 Å². The van der Waals surface area contributed by atoms with Gasteiger partial charge in [-0.2, -0.15) is 13.2 Å². The monoisotopic (exact) mass is 221 g/mol. The maximum atomic E-state index is 12.1. The van der Waals surface area contributed by atoms with Crippen molar-refractivity contribution >= 4 is 0 Å². The zero-order chi connectivity index (χ0) is 11.5. The molecule has 0 aliphatic heterocycles. The molecule has 1 aromatic rings. The molecule has 1 rings (SSSR count). The Hall–Kier alpha value is -1.30. The minimum Gasteiger partial charge on any atom is -0.492 e. The molecule has 0 amide bonds. The first-order chi connectivity index (χ1) is 6.95. The largest absolute Gasteiger partial charge is 0.492 e. The summed E-state index contributed by atoms with van der Waals surface area (Å²) in [4.78, 5) is 3.55. The number of aliphatic hydroxyl groups excluding tert-OH is 1. The van der Waals surface area contributed by atoms with Gasteiger partial charge >= 0.3 is 6.18 Å². The summed E-state index contributed by atoms with van der Waals surface area (Å²) in [5.74, 6) is 0.207. The Morgan fingerprint density at radius 3 is 2.67 bits per heavy atom. The molecule has 6 heteroatoms. The van der Waals surface area contributed by atoms with Gasteiger partial charge in [-0.3, -0.25) is 4.98 Å². The van der Waals surface area contributed by atoms with E-state index in [0.29, 0.717) is 6.61 Å². The van der Waals surface area contributed by atoms with Gasteiger partial charge in [0.1, 0.15) is 5.75 Å². The summed E-state index contributed by atoms with van der Waals surface area (Å²) in [6.07, 6.45) is -4.96. The van der Waals surface area contributed by atoms with Gasteiger partial charge < -0.3 is 9.84 Å². The third-order valence-corrected chi connectivity index (χ3v) is 1.67. The molecule has 3 nitrogen and oxygen atoms in total. The first-order valence-electron chi connectivity index (χ1n) is 4.27. The summed E-state index contributed by atoms with van der Waals surface area (Å²) < 4.78 is 41.4. The second kappa shape index (κ2) is 4.48. The zero-order valence-electron chi connectivity index (χ0n) is 7.95. The Labute approximate surface area is 84.5 Å². The standard InChI is InChI=1S/C9H10F3NO2/c1-2-15-7-3-6(4-13-5-7)8(14)9(10,11)12/h3-5,8,14H,2H2,1H3. The van der Waals surface area contributed by atoms with Crippen LogP contribution in [0, 0.1) is 0 Å².